The number of hydrogen-bond donors (Lipinski definition) is 2. The van der Waals surface area contributed by atoms with E-state index in [1.165, 1.54) is 0 Å². The summed E-state index contributed by atoms with van der Waals surface area (Å²) in [4.78, 5) is 15.1. The molecule has 3 fully saturated rings. The van der Waals surface area contributed by atoms with Crippen molar-refractivity contribution in [2.24, 2.45) is 5.92 Å². The summed E-state index contributed by atoms with van der Waals surface area (Å²) >= 11 is 0. The minimum absolute atomic E-state index is 0.111. The summed E-state index contributed by atoms with van der Waals surface area (Å²) in [5.41, 5.74) is 2.65. The fourth-order valence-electron chi connectivity index (χ4n) is 5.68. The monoisotopic (exact) mass is 475 g/mol. The molecule has 2 aromatic heterocycles. The van der Waals surface area contributed by atoms with Gasteiger partial charge in [0.1, 0.15) is 0 Å². The molecule has 0 bridgehead atoms. The molecule has 0 atom stereocenters. The third-order valence-corrected chi connectivity index (χ3v) is 8.10. The maximum absolute atomic E-state index is 13.1. The molecule has 3 aromatic rings. The Morgan fingerprint density at radius 1 is 1.17 bits per heavy atom. The second kappa shape index (κ2) is 8.22. The van der Waals surface area contributed by atoms with Crippen LogP contribution in [0, 0.1) is 11.1 Å². The summed E-state index contributed by atoms with van der Waals surface area (Å²) < 4.78 is 2.82. The summed E-state index contributed by atoms with van der Waals surface area (Å²) in [5.74, 6) is 0.343. The van der Waals surface area contributed by atoms with E-state index < -0.39 is 11.5 Å². The first-order valence-electron chi connectivity index (χ1n) is 12.8. The predicted octanol–water partition coefficient (Wildman–Crippen LogP) is 4.12. The first-order valence-corrected chi connectivity index (χ1v) is 12.8. The molecule has 8 heteroatoms. The van der Waals surface area contributed by atoms with Gasteiger partial charge < -0.3 is 20.5 Å². The number of carbonyl (C=O) groups excluding carboxylic acids is 1. The number of nitrogens with one attached hydrogen (secondary N) is 1. The largest absolute Gasteiger partial charge is 0.618 e. The number of aromatic nitrogens is 3. The van der Waals surface area contributed by atoms with Crippen molar-refractivity contribution in [3.8, 4) is 0 Å². The molecule has 2 N–H and O–H groups in total. The van der Waals surface area contributed by atoms with Crippen molar-refractivity contribution in [1.29, 1.82) is 0 Å². The SMILES string of the molecule is CN(C)c1cc2nn(C3CCC(O)(C4CC4)CC3)cc2cc1NC(=O)c1cccc(C2CC2)[n+]1[O-]. The molecule has 35 heavy (non-hydrogen) atoms. The number of rotatable bonds is 6. The van der Waals surface area contributed by atoms with Gasteiger partial charge in [0, 0.05) is 43.7 Å². The normalized spacial score (nSPS) is 24.5. The third-order valence-electron chi connectivity index (χ3n) is 8.10. The van der Waals surface area contributed by atoms with Gasteiger partial charge in [-0.25, -0.2) is 0 Å². The minimum Gasteiger partial charge on any atom is -0.618 e. The summed E-state index contributed by atoms with van der Waals surface area (Å²) in [6.45, 7) is 0. The lowest BCUT2D eigenvalue weighted by Crippen LogP contribution is -2.40. The van der Waals surface area contributed by atoms with Crippen LogP contribution in [0.25, 0.3) is 10.9 Å². The number of benzene rings is 1. The van der Waals surface area contributed by atoms with Crippen LogP contribution in [-0.4, -0.2) is 40.5 Å². The lowest BCUT2D eigenvalue weighted by atomic mass is 9.79. The van der Waals surface area contributed by atoms with Gasteiger partial charge in [-0.1, -0.05) is 0 Å². The molecular weight excluding hydrogens is 442 g/mol. The standard InChI is InChI=1S/C27H33N5O3/c1-30(2)25-15-21-18(16-31(29-21)20-10-12-27(34,13-11-20)19-8-9-19)14-22(25)28-26(33)24-5-3-4-23(32(24)35)17-6-7-17/h3-5,14-17,19-20,34H,6-13H2,1-2H3,(H,28,33). The highest BCUT2D eigenvalue weighted by Gasteiger charge is 2.45. The first kappa shape index (κ1) is 22.3. The zero-order chi connectivity index (χ0) is 24.3. The molecular formula is C27H33N5O3. The molecule has 3 saturated carbocycles. The molecule has 8 nitrogen and oxygen atoms in total. The Kier molecular flexibility index (Phi) is 5.25. The van der Waals surface area contributed by atoms with E-state index in [0.717, 1.165) is 72.7 Å². The molecule has 1 aromatic carbocycles. The van der Waals surface area contributed by atoms with Crippen LogP contribution < -0.4 is 14.9 Å². The lowest BCUT2D eigenvalue weighted by molar-refractivity contribution is -0.616. The van der Waals surface area contributed by atoms with Gasteiger partial charge in [0.25, 0.3) is 5.69 Å². The zero-order valence-corrected chi connectivity index (χ0v) is 20.4. The number of aliphatic hydroxyl groups is 1. The van der Waals surface area contributed by atoms with Gasteiger partial charge in [0.2, 0.25) is 0 Å². The van der Waals surface area contributed by atoms with Crippen molar-refractivity contribution >= 4 is 28.2 Å². The molecule has 0 unspecified atom stereocenters. The quantitative estimate of drug-likeness (QED) is 0.413. The van der Waals surface area contributed by atoms with Crippen LogP contribution in [-0.2, 0) is 0 Å². The molecule has 184 valence electrons. The fourth-order valence-corrected chi connectivity index (χ4v) is 5.68. The average molecular weight is 476 g/mol. The first-order chi connectivity index (χ1) is 16.8. The van der Waals surface area contributed by atoms with E-state index in [1.54, 1.807) is 12.1 Å². The topological polar surface area (TPSA) is 97.3 Å². The van der Waals surface area contributed by atoms with E-state index in [2.05, 4.69) is 5.32 Å². The fraction of sp³-hybridized carbons (Fsp3) is 0.519. The predicted molar refractivity (Wildman–Crippen MR) is 135 cm³/mol. The highest BCUT2D eigenvalue weighted by Crippen LogP contribution is 2.49. The Morgan fingerprint density at radius 3 is 2.57 bits per heavy atom. The van der Waals surface area contributed by atoms with Gasteiger partial charge >= 0.3 is 5.91 Å². The van der Waals surface area contributed by atoms with Gasteiger partial charge in [0.15, 0.2) is 5.69 Å². The van der Waals surface area contributed by atoms with Crippen molar-refractivity contribution in [1.82, 2.24) is 9.78 Å². The zero-order valence-electron chi connectivity index (χ0n) is 20.4. The molecule has 1 amide bonds. The summed E-state index contributed by atoms with van der Waals surface area (Å²) in [6.07, 6.45) is 9.86. The number of amides is 1. The van der Waals surface area contributed by atoms with Crippen molar-refractivity contribution in [2.45, 2.75) is 68.9 Å². The maximum atomic E-state index is 13.1. The van der Waals surface area contributed by atoms with Crippen LogP contribution in [0.2, 0.25) is 0 Å². The maximum Gasteiger partial charge on any atom is 0.321 e. The lowest BCUT2D eigenvalue weighted by Gasteiger charge is -2.36. The van der Waals surface area contributed by atoms with Crippen molar-refractivity contribution in [3.63, 3.8) is 0 Å². The highest BCUT2D eigenvalue weighted by atomic mass is 16.5. The number of hydrogen-bond acceptors (Lipinski definition) is 5. The molecule has 2 heterocycles. The van der Waals surface area contributed by atoms with Gasteiger partial charge in [-0.2, -0.15) is 9.83 Å². The second-order valence-electron chi connectivity index (χ2n) is 10.9. The van der Waals surface area contributed by atoms with Crippen LogP contribution in [0.3, 0.4) is 0 Å². The van der Waals surface area contributed by atoms with E-state index in [4.69, 9.17) is 5.10 Å². The summed E-state index contributed by atoms with van der Waals surface area (Å²) in [7, 11) is 3.85. The Balaban J connectivity index is 1.26. The van der Waals surface area contributed by atoms with E-state index in [-0.39, 0.29) is 17.7 Å². The smallest absolute Gasteiger partial charge is 0.321 e. The van der Waals surface area contributed by atoms with Gasteiger partial charge in [-0.05, 0) is 75.5 Å². The number of fused-ring (bicyclic) bond motifs is 1. The van der Waals surface area contributed by atoms with Crippen LogP contribution in [0.4, 0.5) is 11.4 Å². The summed E-state index contributed by atoms with van der Waals surface area (Å²) in [6, 6.07) is 9.36. The highest BCUT2D eigenvalue weighted by molar-refractivity contribution is 6.05. The van der Waals surface area contributed by atoms with Crippen molar-refractivity contribution in [3.05, 3.63) is 53.1 Å². The third kappa shape index (κ3) is 4.14. The van der Waals surface area contributed by atoms with E-state index >= 15 is 0 Å². The number of pyridine rings is 1. The Labute approximate surface area is 205 Å². The van der Waals surface area contributed by atoms with Crippen molar-refractivity contribution in [2.75, 3.05) is 24.3 Å². The second-order valence-corrected chi connectivity index (χ2v) is 10.9. The van der Waals surface area contributed by atoms with E-state index in [1.807, 2.05) is 48.1 Å². The van der Waals surface area contributed by atoms with Gasteiger partial charge in [-0.3, -0.25) is 9.48 Å². The average Bonchev–Trinajstić information content (AvgIpc) is 3.75. The van der Waals surface area contributed by atoms with Crippen LogP contribution in [0.1, 0.15) is 79.5 Å². The van der Waals surface area contributed by atoms with Crippen LogP contribution in [0.15, 0.2) is 36.5 Å². The Bertz CT molecular complexity index is 1280. The molecule has 0 spiro atoms. The van der Waals surface area contributed by atoms with Crippen LogP contribution >= 0.6 is 0 Å². The molecule has 6 rings (SSSR count). The van der Waals surface area contributed by atoms with Gasteiger partial charge in [0.05, 0.1) is 28.5 Å². The Morgan fingerprint density at radius 2 is 1.91 bits per heavy atom. The Hall–Kier alpha value is -3.13. The van der Waals surface area contributed by atoms with Crippen LogP contribution in [0.5, 0.6) is 0 Å². The molecule has 3 aliphatic carbocycles. The number of nitrogens with zero attached hydrogens (tertiary/aromatic N) is 4. The van der Waals surface area contributed by atoms with E-state index in [9.17, 15) is 15.1 Å². The summed E-state index contributed by atoms with van der Waals surface area (Å²) in [5, 5.41) is 32.5. The number of anilines is 2. The minimum atomic E-state index is -0.478. The van der Waals surface area contributed by atoms with E-state index in [0.29, 0.717) is 17.3 Å². The number of carbonyl (C=O) groups is 1. The molecule has 0 saturated heterocycles. The molecule has 0 aliphatic heterocycles. The molecule has 0 radical (unpaired) electrons. The van der Waals surface area contributed by atoms with Crippen molar-refractivity contribution < 1.29 is 14.6 Å². The van der Waals surface area contributed by atoms with Gasteiger partial charge in [-0.15, -0.1) is 0 Å². The molecule has 3 aliphatic rings.